The summed E-state index contributed by atoms with van der Waals surface area (Å²) in [6, 6.07) is 0.553. The smallest absolute Gasteiger partial charge is 0.278 e. The zero-order valence-electron chi connectivity index (χ0n) is 11.6. The second-order valence-corrected chi connectivity index (χ2v) is 5.35. The molecule has 1 heterocycles. The largest absolute Gasteiger partial charge is 0.372 e. The maximum absolute atomic E-state index is 12.1. The molecule has 0 aromatic carbocycles. The molecule has 1 fully saturated rings. The molecule has 0 unspecified atom stereocenters. The van der Waals surface area contributed by atoms with Gasteiger partial charge in [-0.25, -0.2) is 0 Å². The van der Waals surface area contributed by atoms with E-state index in [2.05, 4.69) is 33.0 Å². The van der Waals surface area contributed by atoms with E-state index in [1.165, 1.54) is 0 Å². The monoisotopic (exact) mass is 243 g/mol. The van der Waals surface area contributed by atoms with Gasteiger partial charge in [-0.2, -0.15) is 0 Å². The van der Waals surface area contributed by atoms with E-state index in [0.29, 0.717) is 12.6 Å². The Morgan fingerprint density at radius 2 is 2.00 bits per heavy atom. The molecule has 1 aliphatic rings. The Hall–Kier alpha value is -0.610. The number of carbonyl (C=O) groups excluding carboxylic acids is 1. The van der Waals surface area contributed by atoms with Crippen LogP contribution >= 0.6 is 0 Å². The molecular formula is C13H27N2O2+. The molecule has 1 rings (SSSR count). The third kappa shape index (κ3) is 4.64. The van der Waals surface area contributed by atoms with Crippen LogP contribution in [0.4, 0.5) is 0 Å². The van der Waals surface area contributed by atoms with Crippen LogP contribution in [0.3, 0.4) is 0 Å². The second-order valence-electron chi connectivity index (χ2n) is 5.35. The Morgan fingerprint density at radius 3 is 2.47 bits per heavy atom. The molecular weight excluding hydrogens is 216 g/mol. The van der Waals surface area contributed by atoms with Gasteiger partial charge in [-0.3, -0.25) is 4.79 Å². The van der Waals surface area contributed by atoms with Crippen LogP contribution < -0.4 is 5.32 Å². The van der Waals surface area contributed by atoms with Crippen LogP contribution in [0.2, 0.25) is 0 Å². The normalized spacial score (nSPS) is 20.2. The molecule has 0 saturated carbocycles. The fraction of sp³-hybridized carbons (Fsp3) is 0.923. The Labute approximate surface area is 105 Å². The van der Waals surface area contributed by atoms with Gasteiger partial charge >= 0.3 is 0 Å². The van der Waals surface area contributed by atoms with Crippen molar-refractivity contribution in [3.05, 3.63) is 0 Å². The van der Waals surface area contributed by atoms with Crippen molar-refractivity contribution < 1.29 is 14.8 Å². The SMILES string of the molecule is CC(C)N(C(=O)C[NH2+]C[C@H]1CCCO1)C(C)C. The minimum Gasteiger partial charge on any atom is -0.372 e. The topological polar surface area (TPSA) is 46.2 Å². The number of hydrogen-bond acceptors (Lipinski definition) is 2. The summed E-state index contributed by atoms with van der Waals surface area (Å²) in [6.45, 7) is 10.6. The highest BCUT2D eigenvalue weighted by Crippen LogP contribution is 2.09. The lowest BCUT2D eigenvalue weighted by molar-refractivity contribution is -0.650. The van der Waals surface area contributed by atoms with Crippen LogP contribution in [-0.2, 0) is 9.53 Å². The van der Waals surface area contributed by atoms with E-state index in [4.69, 9.17) is 4.74 Å². The van der Waals surface area contributed by atoms with Crippen LogP contribution in [-0.4, -0.2) is 48.7 Å². The van der Waals surface area contributed by atoms with Gasteiger partial charge in [0.15, 0.2) is 6.54 Å². The Kier molecular flexibility index (Phi) is 5.92. The van der Waals surface area contributed by atoms with Gasteiger partial charge < -0.3 is 15.0 Å². The molecule has 0 spiro atoms. The van der Waals surface area contributed by atoms with E-state index in [1.54, 1.807) is 0 Å². The van der Waals surface area contributed by atoms with Crippen molar-refractivity contribution >= 4 is 5.91 Å². The first-order valence-corrected chi connectivity index (χ1v) is 6.76. The van der Waals surface area contributed by atoms with Crippen molar-refractivity contribution in [2.24, 2.45) is 0 Å². The molecule has 0 bridgehead atoms. The van der Waals surface area contributed by atoms with E-state index >= 15 is 0 Å². The lowest BCUT2D eigenvalue weighted by atomic mass is 10.2. The molecule has 17 heavy (non-hydrogen) atoms. The summed E-state index contributed by atoms with van der Waals surface area (Å²) >= 11 is 0. The number of amides is 1. The maximum atomic E-state index is 12.1. The first-order valence-electron chi connectivity index (χ1n) is 6.76. The molecule has 2 N–H and O–H groups in total. The zero-order valence-corrected chi connectivity index (χ0v) is 11.6. The first-order chi connectivity index (χ1) is 8.02. The van der Waals surface area contributed by atoms with Crippen molar-refractivity contribution in [1.82, 2.24) is 4.90 Å². The molecule has 1 amide bonds. The predicted octanol–water partition coefficient (Wildman–Crippen LogP) is 0.374. The molecule has 4 heteroatoms. The fourth-order valence-corrected chi connectivity index (χ4v) is 2.50. The van der Waals surface area contributed by atoms with E-state index in [-0.39, 0.29) is 18.0 Å². The van der Waals surface area contributed by atoms with Gasteiger partial charge in [0.2, 0.25) is 0 Å². The van der Waals surface area contributed by atoms with Gasteiger partial charge in [-0.05, 0) is 40.5 Å². The minimum absolute atomic E-state index is 0.230. The van der Waals surface area contributed by atoms with Crippen molar-refractivity contribution in [1.29, 1.82) is 0 Å². The molecule has 4 nitrogen and oxygen atoms in total. The summed E-state index contributed by atoms with van der Waals surface area (Å²) < 4.78 is 5.53. The lowest BCUT2D eigenvalue weighted by Crippen LogP contribution is -2.88. The molecule has 1 aliphatic heterocycles. The zero-order chi connectivity index (χ0) is 12.8. The van der Waals surface area contributed by atoms with Gasteiger partial charge in [0.25, 0.3) is 5.91 Å². The highest BCUT2D eigenvalue weighted by Gasteiger charge is 2.22. The second kappa shape index (κ2) is 6.97. The average Bonchev–Trinajstić information content (AvgIpc) is 2.69. The number of nitrogens with two attached hydrogens (primary N) is 1. The third-order valence-corrected chi connectivity index (χ3v) is 3.17. The van der Waals surface area contributed by atoms with Gasteiger partial charge in [0, 0.05) is 18.7 Å². The number of ether oxygens (including phenoxy) is 1. The highest BCUT2D eigenvalue weighted by molar-refractivity contribution is 5.77. The lowest BCUT2D eigenvalue weighted by Gasteiger charge is -2.30. The van der Waals surface area contributed by atoms with Gasteiger partial charge in [0.1, 0.15) is 12.6 Å². The summed E-state index contributed by atoms with van der Waals surface area (Å²) in [7, 11) is 0. The van der Waals surface area contributed by atoms with Crippen LogP contribution in [0.25, 0.3) is 0 Å². The summed E-state index contributed by atoms with van der Waals surface area (Å²) in [4.78, 5) is 14.0. The first kappa shape index (κ1) is 14.5. The van der Waals surface area contributed by atoms with E-state index in [9.17, 15) is 4.79 Å². The van der Waals surface area contributed by atoms with Gasteiger partial charge in [-0.1, -0.05) is 0 Å². The summed E-state index contributed by atoms with van der Waals surface area (Å²) in [5.74, 6) is 0.230. The Balaban J connectivity index is 2.26. The molecule has 0 aliphatic carbocycles. The molecule has 1 atom stereocenters. The van der Waals surface area contributed by atoms with E-state index < -0.39 is 0 Å². The molecule has 1 saturated heterocycles. The summed E-state index contributed by atoms with van der Waals surface area (Å²) in [6.07, 6.45) is 2.66. The highest BCUT2D eigenvalue weighted by atomic mass is 16.5. The summed E-state index contributed by atoms with van der Waals surface area (Å²) in [5, 5.41) is 2.08. The molecule has 0 aromatic rings. The number of hydrogen-bond donors (Lipinski definition) is 1. The van der Waals surface area contributed by atoms with Crippen molar-refractivity contribution in [3.8, 4) is 0 Å². The minimum atomic E-state index is 0.230. The predicted molar refractivity (Wildman–Crippen MR) is 67.8 cm³/mol. The van der Waals surface area contributed by atoms with Crippen molar-refractivity contribution in [2.75, 3.05) is 19.7 Å². The van der Waals surface area contributed by atoms with Gasteiger partial charge in [-0.15, -0.1) is 0 Å². The Morgan fingerprint density at radius 1 is 1.35 bits per heavy atom. The standard InChI is InChI=1S/C13H26N2O2/c1-10(2)15(11(3)4)13(16)9-14-8-12-6-5-7-17-12/h10-12,14H,5-9H2,1-4H3/p+1/t12-/m1/s1. The van der Waals surface area contributed by atoms with Gasteiger partial charge in [0.05, 0.1) is 0 Å². The molecule has 0 radical (unpaired) electrons. The molecule has 100 valence electrons. The van der Waals surface area contributed by atoms with Crippen LogP contribution in [0.15, 0.2) is 0 Å². The molecule has 0 aromatic heterocycles. The maximum Gasteiger partial charge on any atom is 0.278 e. The number of nitrogens with zero attached hydrogens (tertiary/aromatic N) is 1. The summed E-state index contributed by atoms with van der Waals surface area (Å²) in [5.41, 5.74) is 0. The number of carbonyl (C=O) groups is 1. The average molecular weight is 243 g/mol. The van der Waals surface area contributed by atoms with Crippen LogP contribution in [0, 0.1) is 0 Å². The Bertz CT molecular complexity index is 228. The fourth-order valence-electron chi connectivity index (χ4n) is 2.50. The van der Waals surface area contributed by atoms with Crippen molar-refractivity contribution in [3.63, 3.8) is 0 Å². The van der Waals surface area contributed by atoms with E-state index in [0.717, 1.165) is 26.0 Å². The van der Waals surface area contributed by atoms with Crippen LogP contribution in [0.1, 0.15) is 40.5 Å². The van der Waals surface area contributed by atoms with E-state index in [1.807, 2.05) is 4.90 Å². The number of rotatable bonds is 6. The number of quaternary nitrogens is 1. The van der Waals surface area contributed by atoms with Crippen molar-refractivity contribution in [2.45, 2.75) is 58.7 Å². The third-order valence-electron chi connectivity index (χ3n) is 3.17. The van der Waals surface area contributed by atoms with Crippen LogP contribution in [0.5, 0.6) is 0 Å². The quantitative estimate of drug-likeness (QED) is 0.733.